The molecule has 1 N–H and O–H groups in total. The van der Waals surface area contributed by atoms with Crippen LogP contribution in [-0.4, -0.2) is 19.9 Å². The first-order valence-corrected chi connectivity index (χ1v) is 7.14. The number of hydrogen-bond donors (Lipinski definition) is 1. The molecule has 0 saturated carbocycles. The largest absolute Gasteiger partial charge is 0.388 e. The smallest absolute Gasteiger partial charge is 0.0849 e. The van der Waals surface area contributed by atoms with Crippen LogP contribution in [0.1, 0.15) is 35.5 Å². The lowest BCUT2D eigenvalue weighted by Gasteiger charge is -2.14. The number of aliphatic hydroxyl groups excluding tert-OH is 1. The van der Waals surface area contributed by atoms with Crippen molar-refractivity contribution in [3.63, 3.8) is 0 Å². The van der Waals surface area contributed by atoms with Crippen LogP contribution in [0.2, 0.25) is 0 Å². The minimum atomic E-state index is -0.541. The van der Waals surface area contributed by atoms with Gasteiger partial charge in [-0.25, -0.2) is 0 Å². The van der Waals surface area contributed by atoms with E-state index in [0.717, 1.165) is 33.5 Å². The fourth-order valence-corrected chi connectivity index (χ4v) is 2.66. The van der Waals surface area contributed by atoms with Crippen molar-refractivity contribution in [3.8, 4) is 0 Å². The fourth-order valence-electron chi connectivity index (χ4n) is 2.22. The zero-order valence-corrected chi connectivity index (χ0v) is 13.0. The molecule has 2 heterocycles. The molecule has 5 heteroatoms. The Hall–Kier alpha value is -1.20. The van der Waals surface area contributed by atoms with Crippen LogP contribution in [0.15, 0.2) is 22.9 Å². The number of aromatic nitrogens is 3. The average molecular weight is 324 g/mol. The highest BCUT2D eigenvalue weighted by Crippen LogP contribution is 2.27. The first-order valence-electron chi connectivity index (χ1n) is 6.35. The summed E-state index contributed by atoms with van der Waals surface area (Å²) in [5.41, 5.74) is 3.91. The first-order chi connectivity index (χ1) is 9.04. The summed E-state index contributed by atoms with van der Waals surface area (Å²) >= 11 is 3.55. The van der Waals surface area contributed by atoms with E-state index in [1.807, 2.05) is 31.5 Å². The van der Waals surface area contributed by atoms with Crippen LogP contribution in [0.3, 0.4) is 0 Å². The molecule has 0 amide bonds. The molecule has 102 valence electrons. The third kappa shape index (κ3) is 2.87. The Balaban J connectivity index is 2.29. The van der Waals surface area contributed by atoms with Gasteiger partial charge in [-0.2, -0.15) is 5.10 Å². The molecular weight excluding hydrogens is 306 g/mol. The number of halogens is 1. The van der Waals surface area contributed by atoms with Gasteiger partial charge in [0.05, 0.1) is 22.0 Å². The van der Waals surface area contributed by atoms with E-state index in [4.69, 9.17) is 0 Å². The summed E-state index contributed by atoms with van der Waals surface area (Å²) in [6, 6.07) is 1.87. The lowest BCUT2D eigenvalue weighted by atomic mass is 10.0. The van der Waals surface area contributed by atoms with Gasteiger partial charge in [-0.05, 0) is 53.9 Å². The van der Waals surface area contributed by atoms with Gasteiger partial charge in [0.15, 0.2) is 0 Å². The van der Waals surface area contributed by atoms with Crippen molar-refractivity contribution in [1.29, 1.82) is 0 Å². The topological polar surface area (TPSA) is 50.9 Å². The highest BCUT2D eigenvalue weighted by molar-refractivity contribution is 9.10. The van der Waals surface area contributed by atoms with E-state index in [9.17, 15) is 5.11 Å². The summed E-state index contributed by atoms with van der Waals surface area (Å²) in [7, 11) is 0. The normalized spacial score (nSPS) is 12.7. The Kier molecular flexibility index (Phi) is 4.37. The number of hydrogen-bond acceptors (Lipinski definition) is 3. The summed E-state index contributed by atoms with van der Waals surface area (Å²) in [4.78, 5) is 4.05. The van der Waals surface area contributed by atoms with E-state index in [1.54, 1.807) is 12.4 Å². The van der Waals surface area contributed by atoms with Crippen molar-refractivity contribution in [2.75, 3.05) is 0 Å². The second kappa shape index (κ2) is 5.84. The van der Waals surface area contributed by atoms with Gasteiger partial charge in [0.2, 0.25) is 0 Å². The second-order valence-electron chi connectivity index (χ2n) is 4.61. The maximum atomic E-state index is 10.4. The summed E-state index contributed by atoms with van der Waals surface area (Å²) in [6.07, 6.45) is 3.49. The quantitative estimate of drug-likeness (QED) is 0.941. The molecule has 0 spiro atoms. The van der Waals surface area contributed by atoms with Crippen LogP contribution >= 0.6 is 15.9 Å². The molecule has 0 aromatic carbocycles. The molecule has 0 aliphatic rings. The maximum Gasteiger partial charge on any atom is 0.0849 e. The van der Waals surface area contributed by atoms with Crippen LogP contribution in [-0.2, 0) is 13.0 Å². The van der Waals surface area contributed by atoms with Crippen LogP contribution in [0.5, 0.6) is 0 Å². The molecule has 4 nitrogen and oxygen atoms in total. The lowest BCUT2D eigenvalue weighted by molar-refractivity contribution is 0.174. The van der Waals surface area contributed by atoms with Gasteiger partial charge in [0.25, 0.3) is 0 Å². The molecule has 1 atom stereocenters. The zero-order valence-electron chi connectivity index (χ0n) is 11.4. The minimum absolute atomic E-state index is 0.541. The van der Waals surface area contributed by atoms with Crippen LogP contribution < -0.4 is 0 Å². The molecule has 0 radical (unpaired) electrons. The molecule has 0 fully saturated rings. The molecule has 2 aromatic heterocycles. The monoisotopic (exact) mass is 323 g/mol. The van der Waals surface area contributed by atoms with Crippen molar-refractivity contribution >= 4 is 15.9 Å². The third-order valence-electron chi connectivity index (χ3n) is 3.26. The molecule has 0 bridgehead atoms. The van der Waals surface area contributed by atoms with Crippen molar-refractivity contribution in [1.82, 2.24) is 14.8 Å². The number of nitrogens with zero attached hydrogens (tertiary/aromatic N) is 3. The van der Waals surface area contributed by atoms with Crippen molar-refractivity contribution in [2.24, 2.45) is 0 Å². The Morgan fingerprint density at radius 2 is 2.16 bits per heavy atom. The Morgan fingerprint density at radius 1 is 1.42 bits per heavy atom. The van der Waals surface area contributed by atoms with Crippen LogP contribution in [0, 0.1) is 13.8 Å². The van der Waals surface area contributed by atoms with Gasteiger partial charge in [0, 0.05) is 25.4 Å². The Bertz CT molecular complexity index is 580. The van der Waals surface area contributed by atoms with Crippen LogP contribution in [0.25, 0.3) is 0 Å². The van der Waals surface area contributed by atoms with E-state index < -0.39 is 6.10 Å². The number of rotatable bonds is 4. The first kappa shape index (κ1) is 14.2. The zero-order chi connectivity index (χ0) is 14.0. The average Bonchev–Trinajstić information content (AvgIpc) is 2.67. The Morgan fingerprint density at radius 3 is 2.79 bits per heavy atom. The van der Waals surface area contributed by atoms with Gasteiger partial charge >= 0.3 is 0 Å². The van der Waals surface area contributed by atoms with Gasteiger partial charge in [0.1, 0.15) is 0 Å². The van der Waals surface area contributed by atoms with Crippen LogP contribution in [0.4, 0.5) is 0 Å². The third-order valence-corrected chi connectivity index (χ3v) is 4.29. The number of aryl methyl sites for hydroxylation is 3. The van der Waals surface area contributed by atoms with E-state index in [1.165, 1.54) is 0 Å². The highest BCUT2D eigenvalue weighted by atomic mass is 79.9. The van der Waals surface area contributed by atoms with Gasteiger partial charge in [-0.1, -0.05) is 0 Å². The fraction of sp³-hybridized carbons (Fsp3) is 0.429. The second-order valence-corrected chi connectivity index (χ2v) is 5.41. The van der Waals surface area contributed by atoms with Gasteiger partial charge in [-0.15, -0.1) is 0 Å². The lowest BCUT2D eigenvalue weighted by Crippen LogP contribution is -2.10. The summed E-state index contributed by atoms with van der Waals surface area (Å²) in [5, 5.41) is 14.9. The molecule has 19 heavy (non-hydrogen) atoms. The molecule has 0 saturated heterocycles. The standard InChI is InChI=1S/C14H18BrN3O/c1-4-18-12(14(15)10(3)17-18)7-13(19)11-5-6-16-8-9(11)2/h5-6,8,13,19H,4,7H2,1-3H3. The summed E-state index contributed by atoms with van der Waals surface area (Å²) in [6.45, 7) is 6.77. The molecular formula is C14H18BrN3O. The molecule has 2 rings (SSSR count). The van der Waals surface area contributed by atoms with E-state index in [-0.39, 0.29) is 0 Å². The van der Waals surface area contributed by atoms with Crippen molar-refractivity contribution in [3.05, 3.63) is 45.4 Å². The molecule has 0 aliphatic carbocycles. The van der Waals surface area contributed by atoms with Gasteiger partial charge < -0.3 is 5.11 Å². The summed E-state index contributed by atoms with van der Waals surface area (Å²) in [5.74, 6) is 0. The number of aliphatic hydroxyl groups is 1. The number of pyridine rings is 1. The van der Waals surface area contributed by atoms with E-state index in [2.05, 4.69) is 26.0 Å². The Labute approximate surface area is 121 Å². The van der Waals surface area contributed by atoms with Gasteiger partial charge in [-0.3, -0.25) is 9.67 Å². The minimum Gasteiger partial charge on any atom is -0.388 e. The predicted molar refractivity (Wildman–Crippen MR) is 78.0 cm³/mol. The molecule has 1 unspecified atom stereocenters. The SMILES string of the molecule is CCn1nc(C)c(Br)c1CC(O)c1ccncc1C. The highest BCUT2D eigenvalue weighted by Gasteiger charge is 2.18. The van der Waals surface area contributed by atoms with E-state index in [0.29, 0.717) is 6.42 Å². The predicted octanol–water partition coefficient (Wildman–Crippen LogP) is 2.95. The van der Waals surface area contributed by atoms with Crippen molar-refractivity contribution in [2.45, 2.75) is 39.8 Å². The maximum absolute atomic E-state index is 10.4. The summed E-state index contributed by atoms with van der Waals surface area (Å²) < 4.78 is 2.92. The molecule has 0 aliphatic heterocycles. The molecule has 2 aromatic rings. The van der Waals surface area contributed by atoms with Crippen molar-refractivity contribution < 1.29 is 5.11 Å². The van der Waals surface area contributed by atoms with E-state index >= 15 is 0 Å².